The van der Waals surface area contributed by atoms with Gasteiger partial charge in [0.1, 0.15) is 0 Å². The maximum Gasteiger partial charge on any atom is 0.417 e. The summed E-state index contributed by atoms with van der Waals surface area (Å²) in [4.78, 5) is 12.1. The molecule has 1 N–H and O–H groups in total. The van der Waals surface area contributed by atoms with Crippen LogP contribution in [0.25, 0.3) is 0 Å². The molecule has 0 saturated carbocycles. The molecule has 0 aliphatic rings. The lowest BCUT2D eigenvalue weighted by Gasteiger charge is -2.17. The van der Waals surface area contributed by atoms with Gasteiger partial charge in [0.25, 0.3) is 5.91 Å². The van der Waals surface area contributed by atoms with Gasteiger partial charge in [0, 0.05) is 0 Å². The lowest BCUT2D eigenvalue weighted by molar-refractivity contribution is -0.137. The summed E-state index contributed by atoms with van der Waals surface area (Å²) in [6.45, 7) is 1.46. The van der Waals surface area contributed by atoms with Crippen molar-refractivity contribution in [1.82, 2.24) is 5.32 Å². The zero-order valence-corrected chi connectivity index (χ0v) is 11.9. The predicted octanol–water partition coefficient (Wildman–Crippen LogP) is 4.47. The van der Waals surface area contributed by atoms with Crippen LogP contribution in [0.4, 0.5) is 22.0 Å². The average molecular weight is 329 g/mol. The topological polar surface area (TPSA) is 29.1 Å². The third-order valence-corrected chi connectivity index (χ3v) is 3.27. The van der Waals surface area contributed by atoms with Crippen molar-refractivity contribution in [2.75, 3.05) is 0 Å². The Kier molecular flexibility index (Phi) is 4.68. The molecule has 2 aromatic rings. The van der Waals surface area contributed by atoms with Crippen molar-refractivity contribution in [3.05, 3.63) is 70.8 Å². The molecule has 0 bridgehead atoms. The summed E-state index contributed by atoms with van der Waals surface area (Å²) in [5, 5.41) is 2.34. The summed E-state index contributed by atoms with van der Waals surface area (Å²) >= 11 is 0. The molecule has 0 spiro atoms. The van der Waals surface area contributed by atoms with E-state index in [1.54, 1.807) is 0 Å². The monoisotopic (exact) mass is 329 g/mol. The number of hydrogen-bond donors (Lipinski definition) is 1. The van der Waals surface area contributed by atoms with E-state index >= 15 is 0 Å². The van der Waals surface area contributed by atoms with E-state index in [1.165, 1.54) is 25.1 Å². The SMILES string of the molecule is C[C@H](NC(=O)c1ccccc1C(F)(F)F)c1ccc(F)c(F)c1. The van der Waals surface area contributed by atoms with Crippen LogP contribution in [0, 0.1) is 11.6 Å². The predicted molar refractivity (Wildman–Crippen MR) is 73.7 cm³/mol. The van der Waals surface area contributed by atoms with Crippen LogP contribution in [-0.4, -0.2) is 5.91 Å². The van der Waals surface area contributed by atoms with Gasteiger partial charge >= 0.3 is 6.18 Å². The molecule has 0 heterocycles. The number of hydrogen-bond acceptors (Lipinski definition) is 1. The largest absolute Gasteiger partial charge is 0.417 e. The van der Waals surface area contributed by atoms with E-state index in [4.69, 9.17) is 0 Å². The highest BCUT2D eigenvalue weighted by molar-refractivity contribution is 5.96. The highest BCUT2D eigenvalue weighted by Crippen LogP contribution is 2.32. The van der Waals surface area contributed by atoms with Crippen LogP contribution in [0.1, 0.15) is 34.5 Å². The number of carbonyl (C=O) groups excluding carboxylic acids is 1. The molecule has 7 heteroatoms. The van der Waals surface area contributed by atoms with Crippen molar-refractivity contribution < 1.29 is 26.7 Å². The molecule has 2 rings (SSSR count). The Morgan fingerprint density at radius 3 is 2.30 bits per heavy atom. The molecule has 0 aliphatic heterocycles. The van der Waals surface area contributed by atoms with E-state index in [0.29, 0.717) is 0 Å². The van der Waals surface area contributed by atoms with Crippen molar-refractivity contribution in [3.8, 4) is 0 Å². The molecule has 23 heavy (non-hydrogen) atoms. The van der Waals surface area contributed by atoms with Crippen molar-refractivity contribution >= 4 is 5.91 Å². The highest BCUT2D eigenvalue weighted by atomic mass is 19.4. The molecule has 2 aromatic carbocycles. The zero-order valence-electron chi connectivity index (χ0n) is 11.9. The van der Waals surface area contributed by atoms with Gasteiger partial charge in [-0.1, -0.05) is 18.2 Å². The summed E-state index contributed by atoms with van der Waals surface area (Å²) in [5.74, 6) is -3.09. The second-order valence-electron chi connectivity index (χ2n) is 4.91. The molecule has 0 aliphatic carbocycles. The van der Waals surface area contributed by atoms with Crippen LogP contribution >= 0.6 is 0 Å². The Labute approximate surface area is 128 Å². The van der Waals surface area contributed by atoms with Gasteiger partial charge in [0.15, 0.2) is 11.6 Å². The number of carbonyl (C=O) groups is 1. The standard InChI is InChI=1S/C16H12F5NO/c1-9(10-6-7-13(17)14(18)8-10)22-15(23)11-4-2-3-5-12(11)16(19,20)21/h2-9H,1H3,(H,22,23)/t9-/m0/s1. The number of benzene rings is 2. The van der Waals surface area contributed by atoms with Gasteiger partial charge in [-0.3, -0.25) is 4.79 Å². The van der Waals surface area contributed by atoms with Gasteiger partial charge < -0.3 is 5.32 Å². The first-order valence-corrected chi connectivity index (χ1v) is 6.62. The lowest BCUT2D eigenvalue weighted by Crippen LogP contribution is -2.29. The first-order chi connectivity index (χ1) is 10.7. The molecule has 0 fully saturated rings. The van der Waals surface area contributed by atoms with Crippen LogP contribution in [0.5, 0.6) is 0 Å². The fourth-order valence-corrected chi connectivity index (χ4v) is 2.07. The van der Waals surface area contributed by atoms with Gasteiger partial charge in [-0.05, 0) is 36.8 Å². The second kappa shape index (κ2) is 6.36. The molecular weight excluding hydrogens is 317 g/mol. The Balaban J connectivity index is 2.24. The minimum atomic E-state index is -4.67. The Hall–Kier alpha value is -2.44. The average Bonchev–Trinajstić information content (AvgIpc) is 2.49. The molecule has 1 amide bonds. The van der Waals surface area contributed by atoms with Gasteiger partial charge in [-0.15, -0.1) is 0 Å². The number of alkyl halides is 3. The molecular formula is C16H12F5NO. The van der Waals surface area contributed by atoms with Gasteiger partial charge in [-0.2, -0.15) is 13.2 Å². The van der Waals surface area contributed by atoms with Crippen molar-refractivity contribution in [2.45, 2.75) is 19.1 Å². The number of nitrogens with one attached hydrogen (secondary N) is 1. The van der Waals surface area contributed by atoms with Crippen molar-refractivity contribution in [1.29, 1.82) is 0 Å². The number of halogens is 5. The summed E-state index contributed by atoms with van der Waals surface area (Å²) < 4.78 is 64.8. The third-order valence-electron chi connectivity index (χ3n) is 3.27. The minimum absolute atomic E-state index is 0.238. The summed E-state index contributed by atoms with van der Waals surface area (Å²) in [7, 11) is 0. The van der Waals surface area contributed by atoms with Crippen LogP contribution in [0.2, 0.25) is 0 Å². The van der Waals surface area contributed by atoms with Gasteiger partial charge in [-0.25, -0.2) is 8.78 Å². The van der Waals surface area contributed by atoms with E-state index in [2.05, 4.69) is 5.32 Å². The van der Waals surface area contributed by atoms with Crippen LogP contribution in [0.3, 0.4) is 0 Å². The first-order valence-electron chi connectivity index (χ1n) is 6.62. The summed E-state index contributed by atoms with van der Waals surface area (Å²) in [6.07, 6.45) is -4.67. The molecule has 0 aromatic heterocycles. The Morgan fingerprint density at radius 2 is 1.70 bits per heavy atom. The maximum atomic E-state index is 13.2. The van der Waals surface area contributed by atoms with E-state index in [9.17, 15) is 26.7 Å². The van der Waals surface area contributed by atoms with Crippen LogP contribution in [0.15, 0.2) is 42.5 Å². The third kappa shape index (κ3) is 3.85. The molecule has 2 nitrogen and oxygen atoms in total. The number of amides is 1. The number of rotatable bonds is 3. The minimum Gasteiger partial charge on any atom is -0.346 e. The Morgan fingerprint density at radius 1 is 1.04 bits per heavy atom. The second-order valence-corrected chi connectivity index (χ2v) is 4.91. The van der Waals surface area contributed by atoms with Crippen molar-refractivity contribution in [3.63, 3.8) is 0 Å². The van der Waals surface area contributed by atoms with E-state index in [0.717, 1.165) is 24.3 Å². The summed E-state index contributed by atoms with van der Waals surface area (Å²) in [6, 6.07) is 6.57. The zero-order chi connectivity index (χ0) is 17.2. The molecule has 122 valence electrons. The fraction of sp³-hybridized carbons (Fsp3) is 0.188. The van der Waals surface area contributed by atoms with Crippen molar-refractivity contribution in [2.24, 2.45) is 0 Å². The smallest absolute Gasteiger partial charge is 0.346 e. The molecule has 0 radical (unpaired) electrons. The van der Waals surface area contributed by atoms with E-state index < -0.39 is 40.9 Å². The lowest BCUT2D eigenvalue weighted by atomic mass is 10.0. The summed E-state index contributed by atoms with van der Waals surface area (Å²) in [5.41, 5.74) is -1.36. The van der Waals surface area contributed by atoms with Crippen LogP contribution in [-0.2, 0) is 6.18 Å². The maximum absolute atomic E-state index is 13.2. The van der Waals surface area contributed by atoms with Gasteiger partial charge in [0.2, 0.25) is 0 Å². The first kappa shape index (κ1) is 16.9. The highest BCUT2D eigenvalue weighted by Gasteiger charge is 2.35. The van der Waals surface area contributed by atoms with Gasteiger partial charge in [0.05, 0.1) is 17.2 Å². The quantitative estimate of drug-likeness (QED) is 0.827. The normalized spacial score (nSPS) is 12.8. The molecule has 0 unspecified atom stereocenters. The molecule has 0 saturated heterocycles. The van der Waals surface area contributed by atoms with E-state index in [-0.39, 0.29) is 5.56 Å². The molecule has 1 atom stereocenters. The fourth-order valence-electron chi connectivity index (χ4n) is 2.07. The Bertz CT molecular complexity index is 727. The van der Waals surface area contributed by atoms with Crippen LogP contribution < -0.4 is 5.32 Å². The van der Waals surface area contributed by atoms with E-state index in [1.807, 2.05) is 0 Å².